The Hall–Kier alpha value is -1.60. The van der Waals surface area contributed by atoms with Crippen molar-refractivity contribution in [2.75, 3.05) is 11.0 Å². The second-order valence-corrected chi connectivity index (χ2v) is 5.83. The normalized spacial score (nSPS) is 12.8. The molecule has 6 nitrogen and oxygen atoms in total. The molecule has 100 valence electrons. The van der Waals surface area contributed by atoms with Gasteiger partial charge in [0.15, 0.2) is 0 Å². The topological polar surface area (TPSA) is 101 Å². The summed E-state index contributed by atoms with van der Waals surface area (Å²) in [6, 6.07) is 6.22. The highest BCUT2D eigenvalue weighted by atomic mass is 32.2. The van der Waals surface area contributed by atoms with Crippen molar-refractivity contribution in [1.29, 1.82) is 0 Å². The lowest BCUT2D eigenvalue weighted by atomic mass is 10.2. The number of hydrogen-bond acceptors (Lipinski definition) is 4. The van der Waals surface area contributed by atoms with Crippen LogP contribution in [0, 0.1) is 0 Å². The number of carbonyl (C=O) groups excluding carboxylic acids is 1. The van der Waals surface area contributed by atoms with E-state index in [0.717, 1.165) is 11.8 Å². The Kier molecular flexibility index (Phi) is 4.69. The number of carbonyl (C=O) groups is 1. The number of hydrogen-bond donors (Lipinski definition) is 3. The number of anilines is 1. The largest absolute Gasteiger partial charge is 0.351 e. The third-order valence-electron chi connectivity index (χ3n) is 2.11. The van der Waals surface area contributed by atoms with E-state index in [1.165, 1.54) is 0 Å². The van der Waals surface area contributed by atoms with E-state index in [9.17, 15) is 13.2 Å². The average Bonchev–Trinajstić information content (AvgIpc) is 2.23. The number of nitrogens with two attached hydrogens (primary N) is 1. The van der Waals surface area contributed by atoms with E-state index in [1.807, 2.05) is 0 Å². The summed E-state index contributed by atoms with van der Waals surface area (Å²) < 4.78 is 24.5. The number of nitrogens with one attached hydrogen (secondary N) is 2. The summed E-state index contributed by atoms with van der Waals surface area (Å²) in [7, 11) is -3.30. The summed E-state index contributed by atoms with van der Waals surface area (Å²) >= 11 is 0. The molecule has 0 aliphatic heterocycles. The van der Waals surface area contributed by atoms with Crippen LogP contribution in [-0.2, 0) is 21.4 Å². The van der Waals surface area contributed by atoms with Crippen LogP contribution in [0.1, 0.15) is 12.5 Å². The summed E-state index contributed by atoms with van der Waals surface area (Å²) in [5, 5.41) is 2.65. The van der Waals surface area contributed by atoms with E-state index in [2.05, 4.69) is 10.0 Å². The minimum Gasteiger partial charge on any atom is -0.351 e. The molecule has 1 amide bonds. The van der Waals surface area contributed by atoms with Crippen molar-refractivity contribution in [3.63, 3.8) is 0 Å². The number of benzene rings is 1. The van der Waals surface area contributed by atoms with Gasteiger partial charge in [-0.05, 0) is 24.6 Å². The van der Waals surface area contributed by atoms with E-state index in [1.54, 1.807) is 31.2 Å². The molecule has 0 saturated carbocycles. The smallest absolute Gasteiger partial charge is 0.236 e. The first kappa shape index (κ1) is 14.5. The van der Waals surface area contributed by atoms with Gasteiger partial charge in [0.05, 0.1) is 12.3 Å². The van der Waals surface area contributed by atoms with Crippen LogP contribution in [0.25, 0.3) is 0 Å². The van der Waals surface area contributed by atoms with Crippen LogP contribution in [0.4, 0.5) is 5.69 Å². The van der Waals surface area contributed by atoms with Crippen molar-refractivity contribution in [2.24, 2.45) is 5.73 Å². The zero-order valence-corrected chi connectivity index (χ0v) is 11.1. The summed E-state index contributed by atoms with van der Waals surface area (Å²) in [5.74, 6) is -0.253. The van der Waals surface area contributed by atoms with Crippen molar-refractivity contribution in [2.45, 2.75) is 19.5 Å². The molecule has 1 rings (SSSR count). The van der Waals surface area contributed by atoms with Gasteiger partial charge in [0.25, 0.3) is 0 Å². The summed E-state index contributed by atoms with van der Waals surface area (Å²) in [6.45, 7) is 1.90. The van der Waals surface area contributed by atoms with Gasteiger partial charge in [0.1, 0.15) is 0 Å². The molecular weight excluding hydrogens is 254 g/mol. The van der Waals surface area contributed by atoms with Crippen molar-refractivity contribution >= 4 is 21.6 Å². The van der Waals surface area contributed by atoms with Crippen LogP contribution < -0.4 is 15.8 Å². The Labute approximate surface area is 107 Å². The number of sulfonamides is 1. The molecule has 0 heterocycles. The first-order valence-corrected chi connectivity index (χ1v) is 7.27. The van der Waals surface area contributed by atoms with Gasteiger partial charge in [-0.15, -0.1) is 0 Å². The number of amides is 1. The SMILES string of the molecule is C[C@@H](N)C(=O)NCc1cccc(NS(C)(=O)=O)c1. The van der Waals surface area contributed by atoms with Crippen LogP contribution in [0.2, 0.25) is 0 Å². The molecule has 0 bridgehead atoms. The van der Waals surface area contributed by atoms with Crippen LogP contribution in [0.15, 0.2) is 24.3 Å². The fourth-order valence-corrected chi connectivity index (χ4v) is 1.86. The third kappa shape index (κ3) is 5.15. The molecule has 0 radical (unpaired) electrons. The van der Waals surface area contributed by atoms with Gasteiger partial charge >= 0.3 is 0 Å². The van der Waals surface area contributed by atoms with E-state index >= 15 is 0 Å². The van der Waals surface area contributed by atoms with Gasteiger partial charge in [0.2, 0.25) is 15.9 Å². The highest BCUT2D eigenvalue weighted by Crippen LogP contribution is 2.11. The Bertz CT molecular complexity index is 526. The summed E-state index contributed by atoms with van der Waals surface area (Å²) in [4.78, 5) is 11.3. The quantitative estimate of drug-likeness (QED) is 0.702. The van der Waals surface area contributed by atoms with Gasteiger partial charge in [-0.1, -0.05) is 12.1 Å². The predicted octanol–water partition coefficient (Wildman–Crippen LogP) is 0.0215. The highest BCUT2D eigenvalue weighted by molar-refractivity contribution is 7.92. The maximum absolute atomic E-state index is 11.3. The Morgan fingerprint density at radius 3 is 2.67 bits per heavy atom. The molecular formula is C11H17N3O3S. The molecule has 4 N–H and O–H groups in total. The molecule has 0 aromatic heterocycles. The molecule has 1 aromatic carbocycles. The second kappa shape index (κ2) is 5.83. The molecule has 18 heavy (non-hydrogen) atoms. The van der Waals surface area contributed by atoms with E-state index in [0.29, 0.717) is 12.2 Å². The molecule has 0 saturated heterocycles. The maximum Gasteiger partial charge on any atom is 0.236 e. The van der Waals surface area contributed by atoms with Gasteiger partial charge < -0.3 is 11.1 Å². The van der Waals surface area contributed by atoms with Crippen molar-refractivity contribution < 1.29 is 13.2 Å². The van der Waals surface area contributed by atoms with E-state index < -0.39 is 16.1 Å². The van der Waals surface area contributed by atoms with Crippen LogP contribution in [0.3, 0.4) is 0 Å². The molecule has 0 aliphatic carbocycles. The van der Waals surface area contributed by atoms with Crippen molar-refractivity contribution in [3.8, 4) is 0 Å². The average molecular weight is 271 g/mol. The molecule has 0 spiro atoms. The van der Waals surface area contributed by atoms with Gasteiger partial charge in [-0.2, -0.15) is 0 Å². The van der Waals surface area contributed by atoms with Gasteiger partial charge in [0, 0.05) is 12.2 Å². The van der Waals surface area contributed by atoms with E-state index in [-0.39, 0.29) is 5.91 Å². The fraction of sp³-hybridized carbons (Fsp3) is 0.364. The van der Waals surface area contributed by atoms with Gasteiger partial charge in [-0.25, -0.2) is 8.42 Å². The lowest BCUT2D eigenvalue weighted by Crippen LogP contribution is -2.37. The lowest BCUT2D eigenvalue weighted by molar-refractivity contribution is -0.122. The van der Waals surface area contributed by atoms with Gasteiger partial charge in [-0.3, -0.25) is 9.52 Å². The molecule has 1 atom stereocenters. The van der Waals surface area contributed by atoms with E-state index in [4.69, 9.17) is 5.73 Å². The molecule has 0 unspecified atom stereocenters. The first-order valence-electron chi connectivity index (χ1n) is 5.38. The molecule has 0 fully saturated rings. The maximum atomic E-state index is 11.3. The zero-order chi connectivity index (χ0) is 13.8. The van der Waals surface area contributed by atoms with Crippen molar-refractivity contribution in [3.05, 3.63) is 29.8 Å². The summed E-state index contributed by atoms with van der Waals surface area (Å²) in [5.41, 5.74) is 6.66. The fourth-order valence-electron chi connectivity index (χ4n) is 1.31. The number of rotatable bonds is 5. The Balaban J connectivity index is 2.68. The third-order valence-corrected chi connectivity index (χ3v) is 2.72. The lowest BCUT2D eigenvalue weighted by Gasteiger charge is -2.09. The minimum atomic E-state index is -3.30. The highest BCUT2D eigenvalue weighted by Gasteiger charge is 2.07. The zero-order valence-electron chi connectivity index (χ0n) is 10.3. The molecule has 1 aromatic rings. The first-order chi connectivity index (χ1) is 8.28. The standard InChI is InChI=1S/C11H17N3O3S/c1-8(12)11(15)13-7-9-4-3-5-10(6-9)14-18(2,16)17/h3-6,8,14H,7,12H2,1-2H3,(H,13,15)/t8-/m1/s1. The summed E-state index contributed by atoms with van der Waals surface area (Å²) in [6.07, 6.45) is 1.08. The van der Waals surface area contributed by atoms with Crippen LogP contribution in [-0.4, -0.2) is 26.6 Å². The molecule has 7 heteroatoms. The van der Waals surface area contributed by atoms with Crippen LogP contribution in [0.5, 0.6) is 0 Å². The second-order valence-electron chi connectivity index (χ2n) is 4.08. The Morgan fingerprint density at radius 2 is 2.11 bits per heavy atom. The monoisotopic (exact) mass is 271 g/mol. The minimum absolute atomic E-state index is 0.253. The molecule has 0 aliphatic rings. The Morgan fingerprint density at radius 1 is 1.44 bits per heavy atom. The van der Waals surface area contributed by atoms with Crippen LogP contribution >= 0.6 is 0 Å². The predicted molar refractivity (Wildman–Crippen MR) is 70.4 cm³/mol. The van der Waals surface area contributed by atoms with Crippen molar-refractivity contribution in [1.82, 2.24) is 5.32 Å².